The normalized spacial score (nSPS) is 15.7. The lowest BCUT2D eigenvalue weighted by Crippen LogP contribution is -2.45. The van der Waals surface area contributed by atoms with Gasteiger partial charge in [-0.2, -0.15) is 4.98 Å². The van der Waals surface area contributed by atoms with Crippen LogP contribution >= 0.6 is 0 Å². The second kappa shape index (κ2) is 10.1. The monoisotopic (exact) mass is 480 g/mol. The van der Waals surface area contributed by atoms with Crippen LogP contribution in [0.2, 0.25) is 0 Å². The lowest BCUT2D eigenvalue weighted by molar-refractivity contribution is 0.203. The Bertz CT molecular complexity index is 1380. The molecule has 1 unspecified atom stereocenters. The van der Waals surface area contributed by atoms with E-state index in [4.69, 9.17) is 14.2 Å². The summed E-state index contributed by atoms with van der Waals surface area (Å²) in [5.74, 6) is 1.62. The molecule has 1 N–H and O–H groups in total. The molecule has 0 saturated carbocycles. The minimum Gasteiger partial charge on any atom is -0.497 e. The summed E-state index contributed by atoms with van der Waals surface area (Å²) in [5, 5.41) is 7.41. The van der Waals surface area contributed by atoms with Gasteiger partial charge in [-0.3, -0.25) is 4.90 Å². The van der Waals surface area contributed by atoms with E-state index in [0.29, 0.717) is 18.3 Å². The number of nitrogens with zero attached hydrogens (tertiary/aromatic N) is 3. The Hall–Kier alpha value is -4.39. The van der Waals surface area contributed by atoms with Crippen molar-refractivity contribution < 1.29 is 14.1 Å². The lowest BCUT2D eigenvalue weighted by Gasteiger charge is -2.35. The van der Waals surface area contributed by atoms with Gasteiger partial charge in [0.1, 0.15) is 5.75 Å². The van der Waals surface area contributed by atoms with E-state index < -0.39 is 6.04 Å². The van der Waals surface area contributed by atoms with Crippen LogP contribution in [0.1, 0.15) is 42.5 Å². The van der Waals surface area contributed by atoms with Gasteiger partial charge in [-0.1, -0.05) is 78.8 Å². The van der Waals surface area contributed by atoms with Crippen molar-refractivity contribution in [2.45, 2.75) is 32.9 Å². The maximum Gasteiger partial charge on any atom is 0.322 e. The average Bonchev–Trinajstić information content (AvgIpc) is 3.41. The molecule has 1 atom stereocenters. The molecule has 0 bridgehead atoms. The average molecular weight is 481 g/mol. The standard InChI is InChI=1S/C29H28N4O3/c1-4-20-10-12-23(13-11-20)27-31-28(36-32-27)25-19(2)33(18-21-8-6-5-7-9-21)29(34)30-26(25)22-14-16-24(35-3)17-15-22/h5-17,26H,4,18H2,1-3H3,(H,30,34). The van der Waals surface area contributed by atoms with Crippen molar-refractivity contribution in [3.05, 3.63) is 107 Å². The molecule has 2 amide bonds. The summed E-state index contributed by atoms with van der Waals surface area (Å²) in [5.41, 5.74) is 5.57. The molecular formula is C29H28N4O3. The first-order valence-corrected chi connectivity index (χ1v) is 12.0. The zero-order valence-electron chi connectivity index (χ0n) is 20.6. The third kappa shape index (κ3) is 4.60. The highest BCUT2D eigenvalue weighted by atomic mass is 16.5. The molecule has 7 heteroatoms. The highest BCUT2D eigenvalue weighted by molar-refractivity contribution is 5.87. The van der Waals surface area contributed by atoms with Gasteiger partial charge in [0.05, 0.1) is 25.3 Å². The van der Waals surface area contributed by atoms with Gasteiger partial charge in [0.25, 0.3) is 5.89 Å². The molecule has 5 rings (SSSR count). The van der Waals surface area contributed by atoms with E-state index in [1.807, 2.05) is 73.7 Å². The fourth-order valence-electron chi connectivity index (χ4n) is 4.40. The summed E-state index contributed by atoms with van der Waals surface area (Å²) in [6.07, 6.45) is 0.963. The number of allylic oxidation sites excluding steroid dienone is 1. The Labute approximate surface area is 210 Å². The molecule has 0 saturated heterocycles. The summed E-state index contributed by atoms with van der Waals surface area (Å²) in [4.78, 5) is 19.7. The van der Waals surface area contributed by atoms with Crippen LogP contribution in [0, 0.1) is 0 Å². The van der Waals surface area contributed by atoms with Gasteiger partial charge in [0.2, 0.25) is 5.82 Å². The molecule has 2 heterocycles. The van der Waals surface area contributed by atoms with Crippen LogP contribution in [0.3, 0.4) is 0 Å². The molecule has 1 aliphatic heterocycles. The number of aromatic nitrogens is 2. The van der Waals surface area contributed by atoms with Crippen LogP contribution in [0.15, 0.2) is 89.1 Å². The Kier molecular flexibility index (Phi) is 6.54. The lowest BCUT2D eigenvalue weighted by atomic mass is 9.94. The van der Waals surface area contributed by atoms with Crippen LogP contribution in [-0.2, 0) is 13.0 Å². The number of nitrogens with one attached hydrogen (secondary N) is 1. The molecule has 36 heavy (non-hydrogen) atoms. The highest BCUT2D eigenvalue weighted by Crippen LogP contribution is 2.38. The summed E-state index contributed by atoms with van der Waals surface area (Å²) < 4.78 is 11.1. The SMILES string of the molecule is CCc1ccc(-c2noc(C3=C(C)N(Cc4ccccc4)C(=O)NC3c3ccc(OC)cc3)n2)cc1. The molecule has 0 radical (unpaired) electrons. The summed E-state index contributed by atoms with van der Waals surface area (Å²) >= 11 is 0. The predicted octanol–water partition coefficient (Wildman–Crippen LogP) is 6.01. The van der Waals surface area contributed by atoms with Gasteiger partial charge in [-0.15, -0.1) is 0 Å². The number of aryl methyl sites for hydroxylation is 1. The molecule has 4 aromatic rings. The molecule has 7 nitrogen and oxygen atoms in total. The highest BCUT2D eigenvalue weighted by Gasteiger charge is 2.35. The van der Waals surface area contributed by atoms with Crippen LogP contribution < -0.4 is 10.1 Å². The van der Waals surface area contributed by atoms with Gasteiger partial charge in [0, 0.05) is 11.3 Å². The van der Waals surface area contributed by atoms with Gasteiger partial charge >= 0.3 is 6.03 Å². The number of urea groups is 1. The zero-order valence-corrected chi connectivity index (χ0v) is 20.6. The van der Waals surface area contributed by atoms with E-state index in [-0.39, 0.29) is 6.03 Å². The number of rotatable bonds is 7. The number of ether oxygens (including phenoxy) is 1. The maximum atomic E-state index is 13.3. The van der Waals surface area contributed by atoms with Crippen molar-refractivity contribution in [1.82, 2.24) is 20.4 Å². The van der Waals surface area contributed by atoms with E-state index in [9.17, 15) is 4.79 Å². The van der Waals surface area contributed by atoms with E-state index in [1.54, 1.807) is 12.0 Å². The molecular weight excluding hydrogens is 452 g/mol. The van der Waals surface area contributed by atoms with Crippen molar-refractivity contribution in [3.8, 4) is 17.1 Å². The van der Waals surface area contributed by atoms with Gasteiger partial charge in [-0.25, -0.2) is 4.79 Å². The van der Waals surface area contributed by atoms with Gasteiger partial charge in [-0.05, 0) is 42.2 Å². The third-order valence-electron chi connectivity index (χ3n) is 6.51. The van der Waals surface area contributed by atoms with Crippen LogP contribution in [0.25, 0.3) is 17.0 Å². The maximum absolute atomic E-state index is 13.3. The van der Waals surface area contributed by atoms with E-state index in [2.05, 4.69) is 29.5 Å². The predicted molar refractivity (Wildman–Crippen MR) is 138 cm³/mol. The third-order valence-corrected chi connectivity index (χ3v) is 6.51. The largest absolute Gasteiger partial charge is 0.497 e. The zero-order chi connectivity index (χ0) is 25.1. The van der Waals surface area contributed by atoms with E-state index in [1.165, 1.54) is 5.56 Å². The van der Waals surface area contributed by atoms with Gasteiger partial charge in [0.15, 0.2) is 0 Å². The fraction of sp³-hybridized carbons (Fsp3) is 0.207. The fourth-order valence-corrected chi connectivity index (χ4v) is 4.40. The van der Waals surface area contributed by atoms with Gasteiger partial charge < -0.3 is 14.6 Å². The Balaban J connectivity index is 1.57. The molecule has 0 spiro atoms. The van der Waals surface area contributed by atoms with Crippen LogP contribution in [-0.4, -0.2) is 28.2 Å². The quantitative estimate of drug-likeness (QED) is 0.351. The van der Waals surface area contributed by atoms with E-state index >= 15 is 0 Å². The van der Waals surface area contributed by atoms with Crippen molar-refractivity contribution in [2.75, 3.05) is 7.11 Å². The molecule has 0 fully saturated rings. The van der Waals surface area contributed by atoms with Crippen LogP contribution in [0.4, 0.5) is 4.79 Å². The number of hydrogen-bond acceptors (Lipinski definition) is 5. The number of carbonyl (C=O) groups is 1. The minimum atomic E-state index is -0.453. The Morgan fingerprint density at radius 3 is 2.36 bits per heavy atom. The topological polar surface area (TPSA) is 80.5 Å². The second-order valence-corrected chi connectivity index (χ2v) is 8.70. The van der Waals surface area contributed by atoms with Crippen LogP contribution in [0.5, 0.6) is 5.75 Å². The van der Waals surface area contributed by atoms with Crippen molar-refractivity contribution in [3.63, 3.8) is 0 Å². The summed E-state index contributed by atoms with van der Waals surface area (Å²) in [6.45, 7) is 4.47. The van der Waals surface area contributed by atoms with Crippen molar-refractivity contribution in [2.24, 2.45) is 0 Å². The number of amides is 2. The molecule has 182 valence electrons. The smallest absolute Gasteiger partial charge is 0.322 e. The summed E-state index contributed by atoms with van der Waals surface area (Å²) in [6, 6.07) is 25.0. The summed E-state index contributed by atoms with van der Waals surface area (Å²) in [7, 11) is 1.63. The number of carbonyl (C=O) groups excluding carboxylic acids is 1. The Morgan fingerprint density at radius 1 is 0.972 bits per heavy atom. The second-order valence-electron chi connectivity index (χ2n) is 8.70. The van der Waals surface area contributed by atoms with E-state index in [0.717, 1.165) is 40.1 Å². The molecule has 3 aromatic carbocycles. The first kappa shape index (κ1) is 23.4. The van der Waals surface area contributed by atoms with Crippen molar-refractivity contribution >= 4 is 11.6 Å². The number of methoxy groups -OCH3 is 1. The number of hydrogen-bond donors (Lipinski definition) is 1. The van der Waals surface area contributed by atoms with Crippen molar-refractivity contribution in [1.29, 1.82) is 0 Å². The first-order valence-electron chi connectivity index (χ1n) is 12.0. The minimum absolute atomic E-state index is 0.184. The first-order chi connectivity index (χ1) is 17.6. The molecule has 1 aromatic heterocycles. The Morgan fingerprint density at radius 2 is 1.69 bits per heavy atom. The molecule has 1 aliphatic rings. The number of benzene rings is 3. The molecule has 0 aliphatic carbocycles.